The first-order chi connectivity index (χ1) is 6.74. The van der Waals surface area contributed by atoms with Crippen LogP contribution in [0.2, 0.25) is 0 Å². The Hall–Kier alpha value is -1.27. The quantitative estimate of drug-likeness (QED) is 0.744. The summed E-state index contributed by atoms with van der Waals surface area (Å²) in [5.74, 6) is 0. The molecule has 2 aromatic rings. The molecule has 0 aliphatic carbocycles. The summed E-state index contributed by atoms with van der Waals surface area (Å²) in [6.45, 7) is 9.36. The monoisotopic (exact) mass is 248 g/mol. The molecule has 14 heavy (non-hydrogen) atoms. The first-order valence-electron chi connectivity index (χ1n) is 4.33. The van der Waals surface area contributed by atoms with Crippen molar-refractivity contribution in [2.45, 2.75) is 13.5 Å². The van der Waals surface area contributed by atoms with Gasteiger partial charge in [-0.2, -0.15) is 0 Å². The van der Waals surface area contributed by atoms with Crippen LogP contribution in [0.4, 0.5) is 0 Å². The van der Waals surface area contributed by atoms with Crippen LogP contribution in [0.15, 0.2) is 22.7 Å². The number of H-pyrrole nitrogens is 1. The lowest BCUT2D eigenvalue weighted by Crippen LogP contribution is -1.81. The molecule has 2 rings (SSSR count). The van der Waals surface area contributed by atoms with E-state index in [4.69, 9.17) is 6.57 Å². The Balaban J connectivity index is 2.81. The normalized spacial score (nSPS) is 10.4. The summed E-state index contributed by atoms with van der Waals surface area (Å²) in [5, 5.41) is 1.14. The van der Waals surface area contributed by atoms with Crippen LogP contribution in [0, 0.1) is 13.5 Å². The van der Waals surface area contributed by atoms with E-state index in [1.165, 1.54) is 0 Å². The van der Waals surface area contributed by atoms with Gasteiger partial charge < -0.3 is 9.83 Å². The van der Waals surface area contributed by atoms with Gasteiger partial charge in [-0.25, -0.2) is 6.57 Å². The third kappa shape index (κ3) is 1.32. The molecule has 0 radical (unpaired) electrons. The summed E-state index contributed by atoms with van der Waals surface area (Å²) < 4.78 is 1.05. The number of nitrogens with zero attached hydrogens (tertiary/aromatic N) is 1. The van der Waals surface area contributed by atoms with Crippen molar-refractivity contribution in [1.29, 1.82) is 0 Å². The van der Waals surface area contributed by atoms with E-state index in [1.807, 2.05) is 25.1 Å². The Morgan fingerprint density at radius 3 is 3.00 bits per heavy atom. The van der Waals surface area contributed by atoms with Gasteiger partial charge in [0, 0.05) is 21.1 Å². The van der Waals surface area contributed by atoms with Gasteiger partial charge >= 0.3 is 0 Å². The highest BCUT2D eigenvalue weighted by Gasteiger charge is 2.12. The van der Waals surface area contributed by atoms with Gasteiger partial charge in [-0.1, -0.05) is 22.0 Å². The number of fused-ring (bicyclic) bond motifs is 1. The Morgan fingerprint density at radius 2 is 2.29 bits per heavy atom. The van der Waals surface area contributed by atoms with Gasteiger partial charge in [-0.3, -0.25) is 0 Å². The van der Waals surface area contributed by atoms with E-state index in [0.29, 0.717) is 6.54 Å². The van der Waals surface area contributed by atoms with Gasteiger partial charge in [-0.15, -0.1) is 0 Å². The summed E-state index contributed by atoms with van der Waals surface area (Å²) in [6, 6.07) is 6.02. The zero-order chi connectivity index (χ0) is 10.1. The Morgan fingerprint density at radius 1 is 1.50 bits per heavy atom. The lowest BCUT2D eigenvalue weighted by molar-refractivity contribution is 1.19. The fourth-order valence-electron chi connectivity index (χ4n) is 1.68. The van der Waals surface area contributed by atoms with Crippen molar-refractivity contribution in [1.82, 2.24) is 4.98 Å². The maximum absolute atomic E-state index is 6.92. The van der Waals surface area contributed by atoms with Crippen LogP contribution in [-0.2, 0) is 6.54 Å². The van der Waals surface area contributed by atoms with Crippen molar-refractivity contribution in [3.8, 4) is 0 Å². The first-order valence-corrected chi connectivity index (χ1v) is 5.12. The Labute approximate surface area is 90.9 Å². The number of aromatic nitrogens is 1. The summed E-state index contributed by atoms with van der Waals surface area (Å²) in [6.07, 6.45) is 0. The molecule has 0 atom stereocenters. The molecule has 0 fully saturated rings. The van der Waals surface area contributed by atoms with Gasteiger partial charge in [0.15, 0.2) is 0 Å². The van der Waals surface area contributed by atoms with Gasteiger partial charge in [0.2, 0.25) is 6.54 Å². The smallest absolute Gasteiger partial charge is 0.242 e. The molecule has 70 valence electrons. The molecule has 0 amide bonds. The SMILES string of the molecule is [C-]#[N+]Cc1c(C)[nH]c2cccc(Br)c12. The molecule has 2 nitrogen and oxygen atoms in total. The molecule has 1 heterocycles. The first kappa shape index (κ1) is 9.29. The fraction of sp³-hybridized carbons (Fsp3) is 0.182. The average molecular weight is 249 g/mol. The minimum atomic E-state index is 0.439. The number of hydrogen-bond donors (Lipinski definition) is 1. The van der Waals surface area contributed by atoms with E-state index in [9.17, 15) is 0 Å². The highest BCUT2D eigenvalue weighted by atomic mass is 79.9. The molecule has 0 aliphatic heterocycles. The lowest BCUT2D eigenvalue weighted by Gasteiger charge is -1.94. The summed E-state index contributed by atoms with van der Waals surface area (Å²) in [5.41, 5.74) is 3.28. The second-order valence-electron chi connectivity index (χ2n) is 3.21. The second kappa shape index (κ2) is 3.47. The van der Waals surface area contributed by atoms with Crippen LogP contribution in [-0.4, -0.2) is 4.98 Å². The molecule has 1 aromatic heterocycles. The van der Waals surface area contributed by atoms with Gasteiger partial charge in [0.1, 0.15) is 0 Å². The van der Waals surface area contributed by atoms with E-state index in [1.54, 1.807) is 0 Å². The molecule has 1 aromatic carbocycles. The van der Waals surface area contributed by atoms with Gasteiger partial charge in [0.05, 0.1) is 5.56 Å². The van der Waals surface area contributed by atoms with Crippen LogP contribution < -0.4 is 0 Å². The maximum Gasteiger partial charge on any atom is 0.242 e. The predicted molar refractivity (Wildman–Crippen MR) is 61.0 cm³/mol. The molecule has 0 aliphatic rings. The van der Waals surface area contributed by atoms with Crippen molar-refractivity contribution in [3.63, 3.8) is 0 Å². The lowest BCUT2D eigenvalue weighted by atomic mass is 10.1. The van der Waals surface area contributed by atoms with Gasteiger partial charge in [0.25, 0.3) is 0 Å². The number of halogens is 1. The van der Waals surface area contributed by atoms with Crippen LogP contribution in [0.1, 0.15) is 11.3 Å². The number of hydrogen-bond acceptors (Lipinski definition) is 0. The van der Waals surface area contributed by atoms with Gasteiger partial charge in [-0.05, 0) is 19.1 Å². The van der Waals surface area contributed by atoms with Crippen LogP contribution >= 0.6 is 15.9 Å². The molecule has 1 N–H and O–H groups in total. The largest absolute Gasteiger partial charge is 0.358 e. The standard InChI is InChI=1S/C11H9BrN2/c1-7-8(6-13-2)11-9(12)4-3-5-10(11)14-7/h3-5,14H,6H2,1H3. The molecule has 0 spiro atoms. The Kier molecular flexibility index (Phi) is 2.30. The van der Waals surface area contributed by atoms with Crippen LogP contribution in [0.5, 0.6) is 0 Å². The number of rotatable bonds is 1. The number of benzene rings is 1. The van der Waals surface area contributed by atoms with Crippen molar-refractivity contribution in [2.24, 2.45) is 0 Å². The van der Waals surface area contributed by atoms with E-state index < -0.39 is 0 Å². The van der Waals surface area contributed by atoms with Crippen molar-refractivity contribution in [3.05, 3.63) is 45.3 Å². The molecular formula is C11H9BrN2. The van der Waals surface area contributed by atoms with Crippen LogP contribution in [0.3, 0.4) is 0 Å². The highest BCUT2D eigenvalue weighted by molar-refractivity contribution is 9.10. The van der Waals surface area contributed by atoms with Crippen molar-refractivity contribution < 1.29 is 0 Å². The van der Waals surface area contributed by atoms with E-state index in [0.717, 1.165) is 26.6 Å². The van der Waals surface area contributed by atoms with E-state index in [2.05, 4.69) is 25.8 Å². The molecule has 0 bridgehead atoms. The Bertz CT molecular complexity index is 520. The third-order valence-electron chi connectivity index (χ3n) is 2.33. The minimum Gasteiger partial charge on any atom is -0.358 e. The number of aryl methyl sites for hydroxylation is 1. The van der Waals surface area contributed by atoms with Crippen LogP contribution in [0.25, 0.3) is 15.7 Å². The maximum atomic E-state index is 6.92. The highest BCUT2D eigenvalue weighted by Crippen LogP contribution is 2.29. The summed E-state index contributed by atoms with van der Waals surface area (Å²) in [4.78, 5) is 6.72. The number of aromatic amines is 1. The minimum absolute atomic E-state index is 0.439. The van der Waals surface area contributed by atoms with E-state index in [-0.39, 0.29) is 0 Å². The predicted octanol–water partition coefficient (Wildman–Crippen LogP) is 3.66. The van der Waals surface area contributed by atoms with E-state index >= 15 is 0 Å². The third-order valence-corrected chi connectivity index (χ3v) is 2.99. The summed E-state index contributed by atoms with van der Waals surface area (Å²) in [7, 11) is 0. The second-order valence-corrected chi connectivity index (χ2v) is 4.06. The average Bonchev–Trinajstić information content (AvgIpc) is 2.45. The van der Waals surface area contributed by atoms with Crippen molar-refractivity contribution >= 4 is 26.8 Å². The van der Waals surface area contributed by atoms with Crippen molar-refractivity contribution in [2.75, 3.05) is 0 Å². The molecular weight excluding hydrogens is 240 g/mol. The summed E-state index contributed by atoms with van der Waals surface area (Å²) >= 11 is 3.51. The zero-order valence-electron chi connectivity index (χ0n) is 7.76. The zero-order valence-corrected chi connectivity index (χ0v) is 9.35. The number of nitrogens with one attached hydrogen (secondary N) is 1. The fourth-order valence-corrected chi connectivity index (χ4v) is 2.28. The topological polar surface area (TPSA) is 20.1 Å². The molecule has 0 saturated heterocycles. The molecule has 3 heteroatoms. The molecule has 0 saturated carbocycles. The molecule has 0 unspecified atom stereocenters.